The fourth-order valence-corrected chi connectivity index (χ4v) is 6.28. The molecule has 0 unspecified atom stereocenters. The highest BCUT2D eigenvalue weighted by molar-refractivity contribution is 7.98. The van der Waals surface area contributed by atoms with Gasteiger partial charge in [-0.15, -0.1) is 11.8 Å². The SMILES string of the molecule is CCc1c2c(nc3cc(F)c(SC)c(C(C)C)c13)-c1cc3c(c(=O)n1C2)COC(=O)[C@]3(O)CC. The fourth-order valence-electron chi connectivity index (χ4n) is 5.47. The summed E-state index contributed by atoms with van der Waals surface area (Å²) in [5.41, 5.74) is 3.03. The van der Waals surface area contributed by atoms with Crippen molar-refractivity contribution in [2.45, 2.75) is 70.1 Å². The average molecular weight is 483 g/mol. The summed E-state index contributed by atoms with van der Waals surface area (Å²) < 4.78 is 21.9. The lowest BCUT2D eigenvalue weighted by molar-refractivity contribution is -0.172. The topological polar surface area (TPSA) is 81.4 Å². The van der Waals surface area contributed by atoms with Gasteiger partial charge in [-0.05, 0) is 42.2 Å². The first-order chi connectivity index (χ1) is 16.2. The molecule has 2 aliphatic rings. The summed E-state index contributed by atoms with van der Waals surface area (Å²) >= 11 is 1.40. The van der Waals surface area contributed by atoms with Crippen LogP contribution in [0.25, 0.3) is 22.3 Å². The van der Waals surface area contributed by atoms with Crippen LogP contribution < -0.4 is 5.56 Å². The van der Waals surface area contributed by atoms with Crippen LogP contribution in [0, 0.1) is 5.82 Å². The number of hydrogen-bond donors (Lipinski definition) is 1. The van der Waals surface area contributed by atoms with Crippen molar-refractivity contribution in [2.75, 3.05) is 6.26 Å². The van der Waals surface area contributed by atoms with Crippen LogP contribution in [-0.4, -0.2) is 26.9 Å². The normalized spacial score (nSPS) is 18.8. The number of esters is 1. The monoisotopic (exact) mass is 482 g/mol. The number of aliphatic hydroxyl groups is 1. The third kappa shape index (κ3) is 2.94. The summed E-state index contributed by atoms with van der Waals surface area (Å²) in [6.07, 6.45) is 2.66. The highest BCUT2D eigenvalue weighted by atomic mass is 32.2. The Morgan fingerprint density at radius 2 is 2.00 bits per heavy atom. The van der Waals surface area contributed by atoms with Crippen LogP contribution in [0.2, 0.25) is 0 Å². The molecule has 8 heteroatoms. The van der Waals surface area contributed by atoms with E-state index in [4.69, 9.17) is 9.72 Å². The van der Waals surface area contributed by atoms with Crippen LogP contribution in [-0.2, 0) is 34.7 Å². The predicted octanol–water partition coefficient (Wildman–Crippen LogP) is 4.63. The first kappa shape index (κ1) is 23.1. The Hall–Kier alpha value is -2.71. The van der Waals surface area contributed by atoms with Gasteiger partial charge in [-0.25, -0.2) is 14.2 Å². The molecule has 2 aromatic heterocycles. The van der Waals surface area contributed by atoms with E-state index in [0.29, 0.717) is 40.3 Å². The van der Waals surface area contributed by atoms with E-state index < -0.39 is 11.6 Å². The zero-order valence-electron chi connectivity index (χ0n) is 19.9. The lowest BCUT2D eigenvalue weighted by atomic mass is 9.86. The smallest absolute Gasteiger partial charge is 0.343 e. The number of benzene rings is 1. The second-order valence-corrected chi connectivity index (χ2v) is 10.0. The Bertz CT molecular complexity index is 1450. The standard InChI is InChI=1S/C26H27FN2O4S/c1-6-13-14-10-29-19(8-16-15(24(29)30)11-33-25(31)26(16,32)7-2)22(14)28-18-9-17(27)23(34-5)20(12(3)4)21(13)18/h8-9,12,32H,6-7,10-11H2,1-5H3/t26-/m0/s1. The van der Waals surface area contributed by atoms with E-state index in [9.17, 15) is 14.7 Å². The molecule has 6 nitrogen and oxygen atoms in total. The molecule has 0 radical (unpaired) electrons. The van der Waals surface area contributed by atoms with Crippen molar-refractivity contribution in [1.82, 2.24) is 9.55 Å². The molecule has 3 aromatic rings. The van der Waals surface area contributed by atoms with Crippen molar-refractivity contribution in [3.63, 3.8) is 0 Å². The highest BCUT2D eigenvalue weighted by Gasteiger charge is 2.45. The summed E-state index contributed by atoms with van der Waals surface area (Å²) in [6, 6.07) is 3.17. The lowest BCUT2D eigenvalue weighted by Crippen LogP contribution is -2.44. The molecule has 34 heavy (non-hydrogen) atoms. The number of cyclic esters (lactones) is 1. The van der Waals surface area contributed by atoms with Gasteiger partial charge in [-0.1, -0.05) is 27.7 Å². The molecular weight excluding hydrogens is 455 g/mol. The van der Waals surface area contributed by atoms with Gasteiger partial charge in [0.1, 0.15) is 12.4 Å². The molecule has 5 rings (SSSR count). The second kappa shape index (κ2) is 7.92. The molecule has 0 aliphatic carbocycles. The number of rotatable bonds is 4. The Balaban J connectivity index is 1.87. The third-order valence-corrected chi connectivity index (χ3v) is 7.99. The Morgan fingerprint density at radius 1 is 1.26 bits per heavy atom. The molecule has 0 bridgehead atoms. The van der Waals surface area contributed by atoms with Gasteiger partial charge in [0.05, 0.1) is 29.0 Å². The van der Waals surface area contributed by atoms with Crippen LogP contribution in [0.15, 0.2) is 21.8 Å². The zero-order chi connectivity index (χ0) is 24.5. The number of aromatic nitrogens is 2. The maximum absolute atomic E-state index is 15.1. The maximum Gasteiger partial charge on any atom is 0.343 e. The van der Waals surface area contributed by atoms with Gasteiger partial charge in [0.15, 0.2) is 5.60 Å². The van der Waals surface area contributed by atoms with Crippen LogP contribution in [0.3, 0.4) is 0 Å². The number of fused-ring (bicyclic) bond motifs is 5. The van der Waals surface area contributed by atoms with Gasteiger partial charge in [-0.2, -0.15) is 0 Å². The molecular formula is C26H27FN2O4S. The van der Waals surface area contributed by atoms with Crippen molar-refractivity contribution >= 4 is 28.6 Å². The molecule has 0 spiro atoms. The van der Waals surface area contributed by atoms with Gasteiger partial charge >= 0.3 is 5.97 Å². The molecule has 0 amide bonds. The molecule has 1 N–H and O–H groups in total. The predicted molar refractivity (Wildman–Crippen MR) is 130 cm³/mol. The van der Waals surface area contributed by atoms with E-state index in [-0.39, 0.29) is 35.9 Å². The number of ether oxygens (including phenoxy) is 1. The van der Waals surface area contributed by atoms with E-state index in [2.05, 4.69) is 20.8 Å². The first-order valence-electron chi connectivity index (χ1n) is 11.6. The second-order valence-electron chi connectivity index (χ2n) is 9.23. The number of nitrogens with zero attached hydrogens (tertiary/aromatic N) is 2. The van der Waals surface area contributed by atoms with E-state index in [1.165, 1.54) is 17.8 Å². The quantitative estimate of drug-likeness (QED) is 0.338. The summed E-state index contributed by atoms with van der Waals surface area (Å²) in [4.78, 5) is 31.4. The molecule has 1 atom stereocenters. The number of pyridine rings is 2. The summed E-state index contributed by atoms with van der Waals surface area (Å²) in [5, 5.41) is 12.0. The van der Waals surface area contributed by atoms with Gasteiger partial charge in [0.2, 0.25) is 0 Å². The Morgan fingerprint density at radius 3 is 2.62 bits per heavy atom. The van der Waals surface area contributed by atoms with E-state index in [1.807, 2.05) is 6.26 Å². The van der Waals surface area contributed by atoms with E-state index in [1.54, 1.807) is 17.6 Å². The van der Waals surface area contributed by atoms with Crippen molar-refractivity contribution in [3.8, 4) is 11.4 Å². The van der Waals surface area contributed by atoms with Crippen molar-refractivity contribution < 1.29 is 19.0 Å². The van der Waals surface area contributed by atoms with Crippen LogP contribution in [0.4, 0.5) is 4.39 Å². The van der Waals surface area contributed by atoms with Gasteiger partial charge in [-0.3, -0.25) is 4.79 Å². The number of carbonyl (C=O) groups excluding carboxylic acids is 1. The molecule has 1 aromatic carbocycles. The van der Waals surface area contributed by atoms with Crippen molar-refractivity contribution in [1.29, 1.82) is 0 Å². The molecule has 0 fully saturated rings. The zero-order valence-corrected chi connectivity index (χ0v) is 20.7. The number of carbonyl (C=O) groups is 1. The van der Waals surface area contributed by atoms with E-state index >= 15 is 4.39 Å². The molecule has 4 heterocycles. The summed E-state index contributed by atoms with van der Waals surface area (Å²) in [6.45, 7) is 8.01. The van der Waals surface area contributed by atoms with Gasteiger partial charge in [0.25, 0.3) is 5.56 Å². The lowest BCUT2D eigenvalue weighted by Gasteiger charge is -2.31. The van der Waals surface area contributed by atoms with Gasteiger partial charge in [0, 0.05) is 27.5 Å². The highest BCUT2D eigenvalue weighted by Crippen LogP contribution is 2.44. The Labute approximate surface area is 201 Å². The number of thioether (sulfide) groups is 1. The summed E-state index contributed by atoms with van der Waals surface area (Å²) in [5.74, 6) is -0.964. The molecule has 178 valence electrons. The van der Waals surface area contributed by atoms with E-state index in [0.717, 1.165) is 22.1 Å². The number of hydrogen-bond acceptors (Lipinski definition) is 6. The molecule has 0 saturated carbocycles. The van der Waals surface area contributed by atoms with Crippen molar-refractivity contribution in [3.05, 3.63) is 56.1 Å². The summed E-state index contributed by atoms with van der Waals surface area (Å²) in [7, 11) is 0. The maximum atomic E-state index is 15.1. The molecule has 0 saturated heterocycles. The largest absolute Gasteiger partial charge is 0.458 e. The minimum absolute atomic E-state index is 0.0837. The minimum atomic E-state index is -1.88. The van der Waals surface area contributed by atoms with Gasteiger partial charge < -0.3 is 14.4 Å². The van der Waals surface area contributed by atoms with Crippen LogP contribution >= 0.6 is 11.8 Å². The number of aryl methyl sites for hydroxylation is 1. The van der Waals surface area contributed by atoms with Crippen LogP contribution in [0.1, 0.15) is 67.9 Å². The minimum Gasteiger partial charge on any atom is -0.458 e. The average Bonchev–Trinajstić information content (AvgIpc) is 3.18. The molecule has 2 aliphatic heterocycles. The third-order valence-electron chi connectivity index (χ3n) is 7.17. The van der Waals surface area contributed by atoms with Crippen LogP contribution in [0.5, 0.6) is 0 Å². The van der Waals surface area contributed by atoms with Crippen molar-refractivity contribution in [2.24, 2.45) is 0 Å². The number of halogens is 1. The Kier molecular flexibility index (Phi) is 5.37. The first-order valence-corrected chi connectivity index (χ1v) is 12.8. The fraction of sp³-hybridized carbons (Fsp3) is 0.423.